The summed E-state index contributed by atoms with van der Waals surface area (Å²) in [6.45, 7) is 4.00. The molecule has 0 N–H and O–H groups in total. The van der Waals surface area contributed by atoms with Crippen LogP contribution in [-0.2, 0) is 0 Å². The van der Waals surface area contributed by atoms with Crippen molar-refractivity contribution in [3.63, 3.8) is 0 Å². The van der Waals surface area contributed by atoms with E-state index in [0.717, 1.165) is 71.4 Å². The first-order valence-corrected chi connectivity index (χ1v) is 17.0. The zero-order valence-corrected chi connectivity index (χ0v) is 27.7. The van der Waals surface area contributed by atoms with Crippen molar-refractivity contribution < 1.29 is 4.42 Å². The molecule has 7 aromatic carbocycles. The molecule has 3 aromatic heterocycles. The molecule has 238 valence electrons. The van der Waals surface area contributed by atoms with Crippen LogP contribution in [0.3, 0.4) is 0 Å². The van der Waals surface area contributed by atoms with E-state index >= 15 is 0 Å². The van der Waals surface area contributed by atoms with Crippen molar-refractivity contribution in [2.75, 3.05) is 0 Å². The average Bonchev–Trinajstić information content (AvgIpc) is 3.74. The Morgan fingerprint density at radius 2 is 1.02 bits per heavy atom. The van der Waals surface area contributed by atoms with E-state index in [1.165, 1.54) is 5.39 Å². The molecule has 0 bridgehead atoms. The van der Waals surface area contributed by atoms with Gasteiger partial charge >= 0.3 is 0 Å². The van der Waals surface area contributed by atoms with Gasteiger partial charge in [0.05, 0.1) is 11.0 Å². The first kappa shape index (κ1) is 29.5. The predicted molar refractivity (Wildman–Crippen MR) is 207 cm³/mol. The lowest BCUT2D eigenvalue weighted by atomic mass is 9.97. The molecule has 10 aromatic rings. The summed E-state index contributed by atoms with van der Waals surface area (Å²) in [6.07, 6.45) is 0. The molecule has 0 aliphatic rings. The molecule has 0 amide bonds. The lowest BCUT2D eigenvalue weighted by Gasteiger charge is -2.13. The number of fused-ring (bicyclic) bond motifs is 7. The number of hydrogen-bond acceptors (Lipinski definition) is 4. The van der Waals surface area contributed by atoms with Gasteiger partial charge in [-0.25, -0.2) is 4.98 Å². The summed E-state index contributed by atoms with van der Waals surface area (Å²) in [6, 6.07) is 54.4. The summed E-state index contributed by atoms with van der Waals surface area (Å²) in [4.78, 5) is 15.4. The molecule has 0 unspecified atom stereocenters. The molecule has 10 rings (SSSR count). The van der Waals surface area contributed by atoms with E-state index in [-0.39, 0.29) is 0 Å². The van der Waals surface area contributed by atoms with Crippen LogP contribution >= 0.6 is 0 Å². The third-order valence-corrected chi connectivity index (χ3v) is 9.24. The fourth-order valence-electron chi connectivity index (χ4n) is 7.07. The minimum atomic E-state index is 0.565. The number of aromatic nitrogens is 4. The Kier molecular flexibility index (Phi) is 7.17. The van der Waals surface area contributed by atoms with E-state index in [1.807, 2.05) is 92.7 Å². The van der Waals surface area contributed by atoms with Gasteiger partial charge in [0.1, 0.15) is 11.2 Å². The van der Waals surface area contributed by atoms with Crippen LogP contribution in [0.25, 0.3) is 94.4 Å². The molecular weight excluding hydrogens is 613 g/mol. The summed E-state index contributed by atoms with van der Waals surface area (Å²) < 4.78 is 8.57. The minimum Gasteiger partial charge on any atom is -0.456 e. The Bertz CT molecular complexity index is 2780. The van der Waals surface area contributed by atoms with Crippen LogP contribution in [0.4, 0.5) is 0 Å². The topological polar surface area (TPSA) is 56.7 Å². The van der Waals surface area contributed by atoms with E-state index in [4.69, 9.17) is 19.4 Å². The molecule has 0 saturated carbocycles. The lowest BCUT2D eigenvalue weighted by molar-refractivity contribution is 0.669. The summed E-state index contributed by atoms with van der Waals surface area (Å²) >= 11 is 0. The lowest BCUT2D eigenvalue weighted by Crippen LogP contribution is -2.07. The van der Waals surface area contributed by atoms with Gasteiger partial charge in [0, 0.05) is 38.2 Å². The Morgan fingerprint density at radius 3 is 1.74 bits per heavy atom. The highest BCUT2D eigenvalue weighted by Gasteiger charge is 2.22. The highest BCUT2D eigenvalue weighted by molar-refractivity contribution is 6.20. The average molecular weight is 645 g/mol. The van der Waals surface area contributed by atoms with Crippen molar-refractivity contribution >= 4 is 54.5 Å². The molecule has 0 atom stereocenters. The van der Waals surface area contributed by atoms with Crippen molar-refractivity contribution in [2.45, 2.75) is 13.8 Å². The van der Waals surface area contributed by atoms with Gasteiger partial charge in [-0.1, -0.05) is 147 Å². The van der Waals surface area contributed by atoms with Crippen molar-refractivity contribution in [2.24, 2.45) is 0 Å². The molecular formula is C45H32N4O. The number of hydrogen-bond donors (Lipinski definition) is 0. The van der Waals surface area contributed by atoms with Crippen LogP contribution in [0.1, 0.15) is 13.8 Å². The van der Waals surface area contributed by atoms with Crippen molar-refractivity contribution in [1.29, 1.82) is 0 Å². The van der Waals surface area contributed by atoms with Gasteiger partial charge in [-0.2, -0.15) is 9.97 Å². The molecule has 3 heterocycles. The van der Waals surface area contributed by atoms with Crippen LogP contribution in [0.5, 0.6) is 0 Å². The SMILES string of the molecule is CC.c1ccc(-c2nc(-c3ccccc3)nc(-n3c4cc5ccccc5cc4c4cccc(-c5cccc6oc7ccccc7c56)c43)n2)cc1. The maximum atomic E-state index is 6.34. The van der Waals surface area contributed by atoms with Crippen LogP contribution in [0, 0.1) is 0 Å². The first-order chi connectivity index (χ1) is 24.8. The molecule has 0 fully saturated rings. The molecule has 50 heavy (non-hydrogen) atoms. The summed E-state index contributed by atoms with van der Waals surface area (Å²) in [7, 11) is 0. The van der Waals surface area contributed by atoms with Gasteiger partial charge in [-0.15, -0.1) is 0 Å². The van der Waals surface area contributed by atoms with Gasteiger partial charge < -0.3 is 4.42 Å². The second kappa shape index (κ2) is 12.1. The van der Waals surface area contributed by atoms with Crippen molar-refractivity contribution in [3.8, 4) is 39.9 Å². The standard InChI is InChI=1S/C43H26N4O.C2H6/c1-3-13-27(14-4-1)41-44-42(28-15-5-2-6-16-28)46-43(45-41)47-36-26-30-18-8-7-17-29(30)25-35(36)33-22-11-21-32(40(33)47)31-20-12-24-38-39(31)34-19-9-10-23-37(34)48-38;1-2/h1-26H;1-2H3. The quantitative estimate of drug-likeness (QED) is 0.191. The van der Waals surface area contributed by atoms with Gasteiger partial charge in [0.15, 0.2) is 11.6 Å². The zero-order chi connectivity index (χ0) is 33.6. The second-order valence-corrected chi connectivity index (χ2v) is 12.0. The smallest absolute Gasteiger partial charge is 0.238 e. The molecule has 0 radical (unpaired) electrons. The van der Waals surface area contributed by atoms with Gasteiger partial charge in [0.25, 0.3) is 0 Å². The van der Waals surface area contributed by atoms with E-state index < -0.39 is 0 Å². The van der Waals surface area contributed by atoms with Gasteiger partial charge in [0.2, 0.25) is 5.95 Å². The second-order valence-electron chi connectivity index (χ2n) is 12.0. The fourth-order valence-corrected chi connectivity index (χ4v) is 7.07. The molecule has 0 saturated heterocycles. The Hall–Kier alpha value is -6.59. The first-order valence-electron chi connectivity index (χ1n) is 17.0. The Labute approximate surface area is 289 Å². The van der Waals surface area contributed by atoms with E-state index in [0.29, 0.717) is 17.6 Å². The number of benzene rings is 7. The summed E-state index contributed by atoms with van der Waals surface area (Å²) in [5.74, 6) is 1.81. The third-order valence-electron chi connectivity index (χ3n) is 9.24. The van der Waals surface area contributed by atoms with Crippen LogP contribution in [-0.4, -0.2) is 19.5 Å². The molecule has 5 nitrogen and oxygen atoms in total. The number of rotatable bonds is 4. The number of para-hydroxylation sites is 2. The van der Waals surface area contributed by atoms with Gasteiger partial charge in [-0.05, 0) is 40.6 Å². The van der Waals surface area contributed by atoms with Crippen molar-refractivity contribution in [1.82, 2.24) is 19.5 Å². The predicted octanol–water partition coefficient (Wildman–Crippen LogP) is 12.0. The minimum absolute atomic E-state index is 0.565. The van der Waals surface area contributed by atoms with Crippen LogP contribution in [0.15, 0.2) is 162 Å². The van der Waals surface area contributed by atoms with Gasteiger partial charge in [-0.3, -0.25) is 4.57 Å². The van der Waals surface area contributed by atoms with E-state index in [1.54, 1.807) is 0 Å². The Balaban J connectivity index is 0.00000165. The molecule has 5 heteroatoms. The normalized spacial score (nSPS) is 11.4. The largest absolute Gasteiger partial charge is 0.456 e. The molecule has 0 aliphatic carbocycles. The van der Waals surface area contributed by atoms with Crippen molar-refractivity contribution in [3.05, 3.63) is 158 Å². The maximum Gasteiger partial charge on any atom is 0.238 e. The zero-order valence-electron chi connectivity index (χ0n) is 27.7. The molecule has 0 aliphatic heterocycles. The fraction of sp³-hybridized carbons (Fsp3) is 0.0444. The van der Waals surface area contributed by atoms with E-state index in [9.17, 15) is 0 Å². The monoisotopic (exact) mass is 644 g/mol. The maximum absolute atomic E-state index is 6.34. The number of furan rings is 1. The highest BCUT2D eigenvalue weighted by Crippen LogP contribution is 2.43. The summed E-state index contributed by atoms with van der Waals surface area (Å²) in [5.41, 5.74) is 7.83. The van der Waals surface area contributed by atoms with E-state index in [2.05, 4.69) is 83.4 Å². The highest BCUT2D eigenvalue weighted by atomic mass is 16.3. The number of nitrogens with zero attached hydrogens (tertiary/aromatic N) is 4. The Morgan fingerprint density at radius 1 is 0.460 bits per heavy atom. The van der Waals surface area contributed by atoms with Crippen LogP contribution < -0.4 is 0 Å². The third kappa shape index (κ3) is 4.74. The summed E-state index contributed by atoms with van der Waals surface area (Å²) in [5, 5.41) is 6.78. The van der Waals surface area contributed by atoms with Crippen LogP contribution in [0.2, 0.25) is 0 Å². The molecule has 0 spiro atoms.